The molecular weight excluding hydrogens is 211 g/mol. The minimum atomic E-state index is -4.06. The minimum Gasteiger partial charge on any atom is -0.382 e. The van der Waals surface area contributed by atoms with E-state index in [-0.39, 0.29) is 12.5 Å². The summed E-state index contributed by atoms with van der Waals surface area (Å²) in [6.07, 6.45) is -4.24. The third-order valence-corrected chi connectivity index (χ3v) is 1.77. The number of nitrogens with one attached hydrogen (secondary N) is 1. The van der Waals surface area contributed by atoms with E-state index in [1.54, 1.807) is 14.0 Å². The molecule has 0 saturated carbocycles. The van der Waals surface area contributed by atoms with Crippen LogP contribution in [0.2, 0.25) is 0 Å². The van der Waals surface area contributed by atoms with Crippen molar-refractivity contribution < 1.29 is 22.7 Å². The van der Waals surface area contributed by atoms with E-state index in [4.69, 9.17) is 9.57 Å². The Bertz CT molecular complexity index is 153. The van der Waals surface area contributed by atoms with E-state index in [1.165, 1.54) is 0 Å². The Morgan fingerprint density at radius 3 is 2.47 bits per heavy atom. The zero-order valence-electron chi connectivity index (χ0n) is 9.06. The van der Waals surface area contributed by atoms with Crippen molar-refractivity contribution in [3.8, 4) is 0 Å². The first kappa shape index (κ1) is 14.7. The Labute approximate surface area is 87.9 Å². The van der Waals surface area contributed by atoms with Gasteiger partial charge in [-0.25, -0.2) is 0 Å². The lowest BCUT2D eigenvalue weighted by Crippen LogP contribution is -2.28. The predicted octanol–water partition coefficient (Wildman–Crippen LogP) is 2.28. The lowest BCUT2D eigenvalue weighted by atomic mass is 10.1. The molecule has 0 amide bonds. The highest BCUT2D eigenvalue weighted by atomic mass is 19.4. The number of alkyl halides is 3. The van der Waals surface area contributed by atoms with Gasteiger partial charge in [-0.2, -0.15) is 18.7 Å². The normalized spacial score (nSPS) is 14.2. The zero-order valence-corrected chi connectivity index (χ0v) is 9.06. The molecule has 0 rings (SSSR count). The molecule has 0 aromatic heterocycles. The summed E-state index contributed by atoms with van der Waals surface area (Å²) in [4.78, 5) is 4.96. The van der Waals surface area contributed by atoms with Gasteiger partial charge in [0.15, 0.2) is 0 Å². The average Bonchev–Trinajstić information content (AvgIpc) is 2.10. The van der Waals surface area contributed by atoms with Gasteiger partial charge in [-0.15, -0.1) is 0 Å². The van der Waals surface area contributed by atoms with Gasteiger partial charge in [-0.05, 0) is 19.8 Å². The molecule has 0 aliphatic carbocycles. The Hall–Kier alpha value is -0.330. The lowest BCUT2D eigenvalue weighted by Gasteiger charge is -2.13. The maximum Gasteiger partial charge on any atom is 0.389 e. The van der Waals surface area contributed by atoms with Crippen molar-refractivity contribution in [2.24, 2.45) is 0 Å². The number of hydrogen-bond donors (Lipinski definition) is 1. The van der Waals surface area contributed by atoms with Crippen molar-refractivity contribution in [2.75, 3.05) is 20.3 Å². The second-order valence-electron chi connectivity index (χ2n) is 3.37. The van der Waals surface area contributed by atoms with Crippen molar-refractivity contribution in [3.63, 3.8) is 0 Å². The standard InChI is InChI=1S/C9H18F3NO2/c1-8(13-15-7-6-14-2)4-3-5-9(10,11)12/h8,13H,3-7H2,1-2H3. The molecule has 0 saturated heterocycles. The average molecular weight is 229 g/mol. The monoisotopic (exact) mass is 229 g/mol. The van der Waals surface area contributed by atoms with Crippen LogP contribution in [0.3, 0.4) is 0 Å². The fourth-order valence-electron chi connectivity index (χ4n) is 0.994. The van der Waals surface area contributed by atoms with Crippen molar-refractivity contribution >= 4 is 0 Å². The van der Waals surface area contributed by atoms with Crippen LogP contribution in [0.5, 0.6) is 0 Å². The number of hydrogen-bond acceptors (Lipinski definition) is 3. The maximum absolute atomic E-state index is 11.8. The second kappa shape index (κ2) is 7.90. The van der Waals surface area contributed by atoms with Gasteiger partial charge in [0.1, 0.15) is 0 Å². The van der Waals surface area contributed by atoms with Gasteiger partial charge in [0, 0.05) is 19.6 Å². The molecule has 15 heavy (non-hydrogen) atoms. The Kier molecular flexibility index (Phi) is 7.72. The van der Waals surface area contributed by atoms with E-state index in [1.807, 2.05) is 0 Å². The Morgan fingerprint density at radius 2 is 1.93 bits per heavy atom. The summed E-state index contributed by atoms with van der Waals surface area (Å²) in [6.45, 7) is 2.63. The summed E-state index contributed by atoms with van der Waals surface area (Å²) < 4.78 is 40.1. The van der Waals surface area contributed by atoms with Crippen molar-refractivity contribution in [2.45, 2.75) is 38.4 Å². The van der Waals surface area contributed by atoms with Crippen LogP contribution in [0.15, 0.2) is 0 Å². The molecule has 6 heteroatoms. The van der Waals surface area contributed by atoms with Gasteiger partial charge >= 0.3 is 6.18 Å². The summed E-state index contributed by atoms with van der Waals surface area (Å²) in [5, 5.41) is 0. The van der Waals surface area contributed by atoms with Crippen LogP contribution in [0.1, 0.15) is 26.2 Å². The predicted molar refractivity (Wildman–Crippen MR) is 50.3 cm³/mol. The van der Waals surface area contributed by atoms with Crippen LogP contribution in [0, 0.1) is 0 Å². The van der Waals surface area contributed by atoms with Gasteiger partial charge in [-0.1, -0.05) is 0 Å². The summed E-state index contributed by atoms with van der Waals surface area (Å²) in [6, 6.07) is -0.0794. The molecule has 0 bridgehead atoms. The minimum absolute atomic E-state index is 0.0794. The largest absolute Gasteiger partial charge is 0.389 e. The Morgan fingerprint density at radius 1 is 1.27 bits per heavy atom. The van der Waals surface area contributed by atoms with Crippen LogP contribution < -0.4 is 5.48 Å². The van der Waals surface area contributed by atoms with Crippen molar-refractivity contribution in [1.29, 1.82) is 0 Å². The first-order chi connectivity index (χ1) is 6.95. The molecule has 3 nitrogen and oxygen atoms in total. The quantitative estimate of drug-likeness (QED) is 0.511. The van der Waals surface area contributed by atoms with Crippen LogP contribution in [0.4, 0.5) is 13.2 Å². The number of hydroxylamine groups is 1. The molecule has 0 radical (unpaired) electrons. The zero-order chi connectivity index (χ0) is 11.7. The number of halogens is 3. The third kappa shape index (κ3) is 11.6. The summed E-state index contributed by atoms with van der Waals surface area (Å²) >= 11 is 0. The van der Waals surface area contributed by atoms with Crippen LogP contribution >= 0.6 is 0 Å². The number of rotatable bonds is 8. The SMILES string of the molecule is COCCONC(C)CCCC(F)(F)F. The van der Waals surface area contributed by atoms with E-state index >= 15 is 0 Å². The van der Waals surface area contributed by atoms with Gasteiger partial charge < -0.3 is 4.74 Å². The molecule has 0 aliphatic heterocycles. The molecule has 1 N–H and O–H groups in total. The second-order valence-corrected chi connectivity index (χ2v) is 3.37. The molecule has 0 heterocycles. The highest BCUT2D eigenvalue weighted by Crippen LogP contribution is 2.22. The fourth-order valence-corrected chi connectivity index (χ4v) is 0.994. The molecule has 0 aromatic carbocycles. The highest BCUT2D eigenvalue weighted by molar-refractivity contribution is 4.58. The highest BCUT2D eigenvalue weighted by Gasteiger charge is 2.26. The fraction of sp³-hybridized carbons (Fsp3) is 1.00. The smallest absolute Gasteiger partial charge is 0.382 e. The van der Waals surface area contributed by atoms with Gasteiger partial charge in [0.2, 0.25) is 0 Å². The molecule has 1 atom stereocenters. The molecule has 92 valence electrons. The summed E-state index contributed by atoms with van der Waals surface area (Å²) in [7, 11) is 1.55. The van der Waals surface area contributed by atoms with E-state index in [0.717, 1.165) is 0 Å². The van der Waals surface area contributed by atoms with E-state index < -0.39 is 12.6 Å². The van der Waals surface area contributed by atoms with Gasteiger partial charge in [-0.3, -0.25) is 4.84 Å². The molecule has 0 aromatic rings. The van der Waals surface area contributed by atoms with Gasteiger partial charge in [0.25, 0.3) is 0 Å². The van der Waals surface area contributed by atoms with Crippen LogP contribution in [-0.2, 0) is 9.57 Å². The van der Waals surface area contributed by atoms with Crippen molar-refractivity contribution in [3.05, 3.63) is 0 Å². The third-order valence-electron chi connectivity index (χ3n) is 1.77. The maximum atomic E-state index is 11.8. The van der Waals surface area contributed by atoms with E-state index in [9.17, 15) is 13.2 Å². The molecule has 0 aliphatic rings. The first-order valence-corrected chi connectivity index (χ1v) is 4.88. The topological polar surface area (TPSA) is 30.5 Å². The Balaban J connectivity index is 3.29. The summed E-state index contributed by atoms with van der Waals surface area (Å²) in [5.74, 6) is 0. The first-order valence-electron chi connectivity index (χ1n) is 4.88. The van der Waals surface area contributed by atoms with Gasteiger partial charge in [0.05, 0.1) is 13.2 Å². The molecule has 0 fully saturated rings. The van der Waals surface area contributed by atoms with Crippen LogP contribution in [-0.4, -0.2) is 32.5 Å². The summed E-state index contributed by atoms with van der Waals surface area (Å²) in [5.41, 5.74) is 2.66. The molecule has 0 spiro atoms. The lowest BCUT2D eigenvalue weighted by molar-refractivity contribution is -0.136. The number of ether oxygens (including phenoxy) is 1. The van der Waals surface area contributed by atoms with E-state index in [0.29, 0.717) is 19.6 Å². The van der Waals surface area contributed by atoms with Crippen LogP contribution in [0.25, 0.3) is 0 Å². The molecule has 1 unspecified atom stereocenters. The number of methoxy groups -OCH3 is 1. The van der Waals surface area contributed by atoms with E-state index in [2.05, 4.69) is 5.48 Å². The van der Waals surface area contributed by atoms with Crippen molar-refractivity contribution in [1.82, 2.24) is 5.48 Å². The molecular formula is C9H18F3NO2.